The number of carbonyl (C=O) groups is 1. The van der Waals surface area contributed by atoms with Crippen LogP contribution >= 0.6 is 15.9 Å². The largest absolute Gasteiger partial charge is 0.465 e. The molecule has 0 saturated carbocycles. The van der Waals surface area contributed by atoms with Crippen LogP contribution in [-0.4, -0.2) is 44.8 Å². The summed E-state index contributed by atoms with van der Waals surface area (Å²) in [6, 6.07) is 5.65. The minimum Gasteiger partial charge on any atom is -0.465 e. The van der Waals surface area contributed by atoms with Gasteiger partial charge in [-0.05, 0) is 49.5 Å². The molecule has 1 saturated heterocycles. The van der Waals surface area contributed by atoms with Crippen LogP contribution in [-0.2, 0) is 16.0 Å². The summed E-state index contributed by atoms with van der Waals surface area (Å²) in [4.78, 5) is 13.9. The zero-order valence-electron chi connectivity index (χ0n) is 12.6. The van der Waals surface area contributed by atoms with E-state index in [0.29, 0.717) is 11.5 Å². The zero-order chi connectivity index (χ0) is 15.2. The Morgan fingerprint density at radius 2 is 2.05 bits per heavy atom. The van der Waals surface area contributed by atoms with E-state index in [2.05, 4.69) is 20.8 Å². The molecular weight excluding hydrogens is 334 g/mol. The minimum atomic E-state index is -0.303. The normalized spacial score (nSPS) is 16.9. The fourth-order valence-corrected chi connectivity index (χ4v) is 3.21. The zero-order valence-corrected chi connectivity index (χ0v) is 14.2. The Hall–Kier alpha value is -0.910. The molecule has 5 heteroatoms. The number of nitrogens with zero attached hydrogens (tertiary/aromatic N) is 1. The van der Waals surface area contributed by atoms with E-state index in [1.54, 1.807) is 7.11 Å². The molecule has 1 aromatic carbocycles. The monoisotopic (exact) mass is 355 g/mol. The van der Waals surface area contributed by atoms with Crippen molar-refractivity contribution in [2.75, 3.05) is 33.9 Å². The fraction of sp³-hybridized carbons (Fsp3) is 0.562. The van der Waals surface area contributed by atoms with Gasteiger partial charge in [-0.15, -0.1) is 0 Å². The number of likely N-dealkylation sites (tertiary alicyclic amines) is 1. The molecule has 0 radical (unpaired) electrons. The smallest absolute Gasteiger partial charge is 0.337 e. The van der Waals surface area contributed by atoms with Crippen LogP contribution in [0.5, 0.6) is 0 Å². The Morgan fingerprint density at radius 1 is 1.33 bits per heavy atom. The van der Waals surface area contributed by atoms with Crippen LogP contribution in [0.15, 0.2) is 22.7 Å². The first-order valence-corrected chi connectivity index (χ1v) is 8.01. The number of hydrogen-bond donors (Lipinski definition) is 0. The van der Waals surface area contributed by atoms with Gasteiger partial charge in [-0.1, -0.05) is 22.0 Å². The third kappa shape index (κ3) is 4.53. The van der Waals surface area contributed by atoms with Gasteiger partial charge >= 0.3 is 5.97 Å². The summed E-state index contributed by atoms with van der Waals surface area (Å²) in [6.07, 6.45) is 2.37. The molecule has 1 aromatic rings. The summed E-state index contributed by atoms with van der Waals surface area (Å²) in [5.74, 6) is 0.388. The summed E-state index contributed by atoms with van der Waals surface area (Å²) in [5, 5.41) is 0. The SMILES string of the molecule is COCC1CCN(Cc2ccc(C(=O)OC)cc2Br)CC1. The van der Waals surface area contributed by atoms with Crippen molar-refractivity contribution in [3.05, 3.63) is 33.8 Å². The first-order chi connectivity index (χ1) is 10.1. The van der Waals surface area contributed by atoms with Gasteiger partial charge in [-0.3, -0.25) is 4.90 Å². The molecule has 2 rings (SSSR count). The van der Waals surface area contributed by atoms with Crippen LogP contribution in [0.2, 0.25) is 0 Å². The van der Waals surface area contributed by atoms with Crippen molar-refractivity contribution >= 4 is 21.9 Å². The number of ether oxygens (including phenoxy) is 2. The van der Waals surface area contributed by atoms with Crippen LogP contribution in [0.25, 0.3) is 0 Å². The molecule has 21 heavy (non-hydrogen) atoms. The number of esters is 1. The second-order valence-corrected chi connectivity index (χ2v) is 6.33. The van der Waals surface area contributed by atoms with Gasteiger partial charge in [0.15, 0.2) is 0 Å². The molecule has 0 N–H and O–H groups in total. The van der Waals surface area contributed by atoms with Crippen LogP contribution in [0.1, 0.15) is 28.8 Å². The number of hydrogen-bond acceptors (Lipinski definition) is 4. The molecular formula is C16H22BrNO3. The average Bonchev–Trinajstić information content (AvgIpc) is 2.50. The van der Waals surface area contributed by atoms with Crippen molar-refractivity contribution < 1.29 is 14.3 Å². The third-order valence-electron chi connectivity index (χ3n) is 3.98. The van der Waals surface area contributed by atoms with Crippen molar-refractivity contribution in [2.24, 2.45) is 5.92 Å². The van der Waals surface area contributed by atoms with Gasteiger partial charge < -0.3 is 9.47 Å². The van der Waals surface area contributed by atoms with E-state index in [1.165, 1.54) is 25.5 Å². The Labute approximate surface area is 134 Å². The van der Waals surface area contributed by atoms with Gasteiger partial charge in [0.2, 0.25) is 0 Å². The maximum Gasteiger partial charge on any atom is 0.337 e. The molecule has 4 nitrogen and oxygen atoms in total. The maximum absolute atomic E-state index is 11.5. The first-order valence-electron chi connectivity index (χ1n) is 7.22. The molecule has 0 aliphatic carbocycles. The van der Waals surface area contributed by atoms with Crippen molar-refractivity contribution in [3.63, 3.8) is 0 Å². The number of piperidine rings is 1. The van der Waals surface area contributed by atoms with Crippen LogP contribution < -0.4 is 0 Å². The fourth-order valence-electron chi connectivity index (χ4n) is 2.71. The van der Waals surface area contributed by atoms with E-state index >= 15 is 0 Å². The van der Waals surface area contributed by atoms with Gasteiger partial charge in [0.25, 0.3) is 0 Å². The van der Waals surface area contributed by atoms with Crippen LogP contribution in [0, 0.1) is 5.92 Å². The molecule has 0 atom stereocenters. The van der Waals surface area contributed by atoms with Gasteiger partial charge in [-0.2, -0.15) is 0 Å². The molecule has 0 amide bonds. The second kappa shape index (κ2) is 7.92. The molecule has 1 aliphatic heterocycles. The highest BCUT2D eigenvalue weighted by molar-refractivity contribution is 9.10. The number of benzene rings is 1. The Kier molecular flexibility index (Phi) is 6.21. The molecule has 116 valence electrons. The summed E-state index contributed by atoms with van der Waals surface area (Å²) < 4.78 is 10.9. The van der Waals surface area contributed by atoms with Gasteiger partial charge in [0.05, 0.1) is 12.7 Å². The minimum absolute atomic E-state index is 0.303. The number of carbonyl (C=O) groups excluding carboxylic acids is 1. The Balaban J connectivity index is 1.93. The van der Waals surface area contributed by atoms with Gasteiger partial charge in [-0.25, -0.2) is 4.79 Å². The Morgan fingerprint density at radius 3 is 2.62 bits per heavy atom. The lowest BCUT2D eigenvalue weighted by Crippen LogP contribution is -2.34. The number of rotatable bonds is 5. The maximum atomic E-state index is 11.5. The van der Waals surface area contributed by atoms with Crippen molar-refractivity contribution in [1.29, 1.82) is 0 Å². The molecule has 0 spiro atoms. The summed E-state index contributed by atoms with van der Waals surface area (Å²) in [7, 11) is 3.17. The lowest BCUT2D eigenvalue weighted by Gasteiger charge is -2.31. The number of methoxy groups -OCH3 is 2. The molecule has 0 aromatic heterocycles. The first kappa shape index (κ1) is 16.5. The summed E-state index contributed by atoms with van der Waals surface area (Å²) in [5.41, 5.74) is 1.78. The lowest BCUT2D eigenvalue weighted by molar-refractivity contribution is 0.0600. The average molecular weight is 356 g/mol. The second-order valence-electron chi connectivity index (χ2n) is 5.47. The highest BCUT2D eigenvalue weighted by atomic mass is 79.9. The van der Waals surface area contributed by atoms with E-state index in [-0.39, 0.29) is 5.97 Å². The highest BCUT2D eigenvalue weighted by Gasteiger charge is 2.20. The van der Waals surface area contributed by atoms with E-state index in [9.17, 15) is 4.79 Å². The molecule has 1 aliphatic rings. The van der Waals surface area contributed by atoms with Crippen molar-refractivity contribution in [2.45, 2.75) is 19.4 Å². The quantitative estimate of drug-likeness (QED) is 0.760. The molecule has 1 heterocycles. The number of halogens is 1. The van der Waals surface area contributed by atoms with E-state index in [4.69, 9.17) is 9.47 Å². The lowest BCUT2D eigenvalue weighted by atomic mass is 9.97. The van der Waals surface area contributed by atoms with Crippen LogP contribution in [0.4, 0.5) is 0 Å². The highest BCUT2D eigenvalue weighted by Crippen LogP contribution is 2.24. The predicted molar refractivity (Wildman–Crippen MR) is 85.4 cm³/mol. The van der Waals surface area contributed by atoms with E-state index in [0.717, 1.165) is 30.7 Å². The topological polar surface area (TPSA) is 38.8 Å². The molecule has 1 fully saturated rings. The summed E-state index contributed by atoms with van der Waals surface area (Å²) >= 11 is 3.55. The van der Waals surface area contributed by atoms with Crippen molar-refractivity contribution in [1.82, 2.24) is 4.90 Å². The third-order valence-corrected chi connectivity index (χ3v) is 4.72. The predicted octanol–water partition coefficient (Wildman–Crippen LogP) is 3.09. The summed E-state index contributed by atoms with van der Waals surface area (Å²) in [6.45, 7) is 3.96. The molecule has 0 unspecified atom stereocenters. The van der Waals surface area contributed by atoms with Crippen molar-refractivity contribution in [3.8, 4) is 0 Å². The van der Waals surface area contributed by atoms with Crippen LogP contribution in [0.3, 0.4) is 0 Å². The van der Waals surface area contributed by atoms with E-state index < -0.39 is 0 Å². The Bertz CT molecular complexity index is 484. The molecule has 0 bridgehead atoms. The van der Waals surface area contributed by atoms with E-state index in [1.807, 2.05) is 18.2 Å². The van der Waals surface area contributed by atoms with Gasteiger partial charge in [0, 0.05) is 24.7 Å². The van der Waals surface area contributed by atoms with Gasteiger partial charge in [0.1, 0.15) is 0 Å². The standard InChI is InChI=1S/C16H22BrNO3/c1-20-11-12-5-7-18(8-6-12)10-14-4-3-13(9-15(14)17)16(19)21-2/h3-4,9,12H,5-8,10-11H2,1-2H3.